The van der Waals surface area contributed by atoms with Gasteiger partial charge in [0.1, 0.15) is 15.7 Å². The summed E-state index contributed by atoms with van der Waals surface area (Å²) in [6, 6.07) is 5.82. The molecule has 0 saturated carbocycles. The van der Waals surface area contributed by atoms with Gasteiger partial charge in [0.25, 0.3) is 0 Å². The van der Waals surface area contributed by atoms with E-state index in [0.29, 0.717) is 5.75 Å². The number of nitrogens with one attached hydrogen (secondary N) is 1. The zero-order valence-electron chi connectivity index (χ0n) is 15.3. The summed E-state index contributed by atoms with van der Waals surface area (Å²) in [5, 5.41) is 5.10. The van der Waals surface area contributed by atoms with E-state index in [9.17, 15) is 4.79 Å². The van der Waals surface area contributed by atoms with Crippen molar-refractivity contribution in [3.8, 4) is 0 Å². The fraction of sp³-hybridized carbons (Fsp3) is 0.350. The zero-order valence-corrected chi connectivity index (χ0v) is 18.5. The Balaban J connectivity index is 1.53. The average Bonchev–Trinajstić information content (AvgIpc) is 3.01. The second-order valence-corrected chi connectivity index (χ2v) is 9.67. The number of anilines is 1. The van der Waals surface area contributed by atoms with Crippen LogP contribution in [0.2, 0.25) is 0 Å². The van der Waals surface area contributed by atoms with Crippen molar-refractivity contribution in [3.63, 3.8) is 0 Å². The van der Waals surface area contributed by atoms with Gasteiger partial charge >= 0.3 is 0 Å². The van der Waals surface area contributed by atoms with Crippen molar-refractivity contribution >= 4 is 60.8 Å². The second-order valence-electron chi connectivity index (χ2n) is 6.77. The minimum Gasteiger partial charge on any atom is -0.325 e. The van der Waals surface area contributed by atoms with Crippen molar-refractivity contribution < 1.29 is 4.79 Å². The third-order valence-electron chi connectivity index (χ3n) is 4.67. The molecule has 27 heavy (non-hydrogen) atoms. The molecule has 4 nitrogen and oxygen atoms in total. The van der Waals surface area contributed by atoms with Gasteiger partial charge in [-0.05, 0) is 68.9 Å². The number of nitrogens with zero attached hydrogens (tertiary/aromatic N) is 2. The van der Waals surface area contributed by atoms with E-state index in [1.54, 1.807) is 11.3 Å². The van der Waals surface area contributed by atoms with E-state index in [1.807, 2.05) is 32.0 Å². The number of aromatic nitrogens is 2. The Morgan fingerprint density at radius 2 is 2.07 bits per heavy atom. The summed E-state index contributed by atoms with van der Waals surface area (Å²) in [5.74, 6) is 1.09. The lowest BCUT2D eigenvalue weighted by Crippen LogP contribution is -2.14. The number of halogens is 1. The van der Waals surface area contributed by atoms with Crippen LogP contribution in [0.25, 0.3) is 10.2 Å². The molecule has 1 aliphatic carbocycles. The maximum Gasteiger partial charge on any atom is 0.234 e. The Kier molecular flexibility index (Phi) is 5.53. The summed E-state index contributed by atoms with van der Waals surface area (Å²) in [6.45, 7) is 3.93. The highest BCUT2D eigenvalue weighted by molar-refractivity contribution is 9.10. The van der Waals surface area contributed by atoms with E-state index in [4.69, 9.17) is 0 Å². The number of fused-ring (bicyclic) bond motifs is 3. The summed E-state index contributed by atoms with van der Waals surface area (Å²) in [5.41, 5.74) is 3.32. The molecule has 0 aliphatic heterocycles. The predicted molar refractivity (Wildman–Crippen MR) is 117 cm³/mol. The highest BCUT2D eigenvalue weighted by Crippen LogP contribution is 2.39. The molecule has 0 fully saturated rings. The summed E-state index contributed by atoms with van der Waals surface area (Å²) >= 11 is 6.79. The standard InChI is InChI=1S/C20H20BrN3OS2/c1-11-9-13(7-8-15(11)21)24-17(25)10-26-19-18-14-5-3-4-6-16(14)27-20(18)23-12(2)22-19/h7-9H,3-6,10H2,1-2H3,(H,24,25). The molecule has 0 unspecified atom stereocenters. The van der Waals surface area contributed by atoms with Gasteiger partial charge in [-0.15, -0.1) is 11.3 Å². The molecule has 2 heterocycles. The monoisotopic (exact) mass is 461 g/mol. The molecule has 0 radical (unpaired) electrons. The maximum absolute atomic E-state index is 12.4. The molecular formula is C20H20BrN3OS2. The summed E-state index contributed by atoms with van der Waals surface area (Å²) < 4.78 is 1.04. The fourth-order valence-electron chi connectivity index (χ4n) is 3.38. The Hall–Kier alpha value is -1.44. The van der Waals surface area contributed by atoms with Gasteiger partial charge in [0.05, 0.1) is 5.75 Å². The lowest BCUT2D eigenvalue weighted by Gasteiger charge is -2.12. The molecule has 7 heteroatoms. The summed E-state index contributed by atoms with van der Waals surface area (Å²) in [4.78, 5) is 24.3. The highest BCUT2D eigenvalue weighted by atomic mass is 79.9. The summed E-state index contributed by atoms with van der Waals surface area (Å²) in [6.07, 6.45) is 4.71. The van der Waals surface area contributed by atoms with Crippen LogP contribution in [0.5, 0.6) is 0 Å². The number of aryl methyl sites for hydroxylation is 4. The van der Waals surface area contributed by atoms with Crippen LogP contribution < -0.4 is 5.32 Å². The molecule has 0 bridgehead atoms. The number of hydrogen-bond acceptors (Lipinski definition) is 5. The first-order valence-electron chi connectivity index (χ1n) is 8.99. The van der Waals surface area contributed by atoms with Crippen LogP contribution in [0, 0.1) is 13.8 Å². The molecule has 4 rings (SSSR count). The summed E-state index contributed by atoms with van der Waals surface area (Å²) in [7, 11) is 0. The Labute approximate surface area is 175 Å². The largest absolute Gasteiger partial charge is 0.325 e. The van der Waals surface area contributed by atoms with Gasteiger partial charge in [0.15, 0.2) is 0 Å². The smallest absolute Gasteiger partial charge is 0.234 e. The van der Waals surface area contributed by atoms with Gasteiger partial charge in [0.2, 0.25) is 5.91 Å². The topological polar surface area (TPSA) is 54.9 Å². The van der Waals surface area contributed by atoms with Crippen molar-refractivity contribution in [2.24, 2.45) is 0 Å². The lowest BCUT2D eigenvalue weighted by molar-refractivity contribution is -0.113. The minimum absolute atomic E-state index is 0.0183. The second kappa shape index (κ2) is 7.89. The predicted octanol–water partition coefficient (Wildman–Crippen LogP) is 5.68. The van der Waals surface area contributed by atoms with E-state index >= 15 is 0 Å². The van der Waals surface area contributed by atoms with Crippen LogP contribution in [0.3, 0.4) is 0 Å². The zero-order chi connectivity index (χ0) is 19.0. The third kappa shape index (κ3) is 4.05. The first-order valence-corrected chi connectivity index (χ1v) is 11.6. The van der Waals surface area contributed by atoms with Crippen LogP contribution in [0.15, 0.2) is 27.7 Å². The number of carbonyl (C=O) groups is 1. The minimum atomic E-state index is -0.0183. The number of hydrogen-bond donors (Lipinski definition) is 1. The van der Waals surface area contributed by atoms with E-state index in [0.717, 1.165) is 44.2 Å². The first-order chi connectivity index (χ1) is 13.0. The average molecular weight is 462 g/mol. The molecule has 1 aliphatic rings. The molecular weight excluding hydrogens is 442 g/mol. The molecule has 1 amide bonds. The number of thiophene rings is 1. The van der Waals surface area contributed by atoms with Crippen molar-refractivity contribution in [3.05, 3.63) is 44.5 Å². The number of amides is 1. The Morgan fingerprint density at radius 3 is 2.89 bits per heavy atom. The molecule has 140 valence electrons. The van der Waals surface area contributed by atoms with E-state index < -0.39 is 0 Å². The number of carbonyl (C=O) groups excluding carboxylic acids is 1. The van der Waals surface area contributed by atoms with E-state index in [-0.39, 0.29) is 5.91 Å². The highest BCUT2D eigenvalue weighted by Gasteiger charge is 2.21. The maximum atomic E-state index is 12.4. The van der Waals surface area contributed by atoms with Crippen molar-refractivity contribution in [2.45, 2.75) is 44.6 Å². The van der Waals surface area contributed by atoms with Crippen molar-refractivity contribution in [1.29, 1.82) is 0 Å². The van der Waals surface area contributed by atoms with Gasteiger partial charge in [-0.2, -0.15) is 0 Å². The fourth-order valence-corrected chi connectivity index (χ4v) is 5.90. The Bertz CT molecular complexity index is 1030. The van der Waals surface area contributed by atoms with Crippen LogP contribution in [0.1, 0.15) is 34.7 Å². The quantitative estimate of drug-likeness (QED) is 0.400. The van der Waals surface area contributed by atoms with E-state index in [2.05, 4.69) is 31.2 Å². The molecule has 1 N–H and O–H groups in total. The molecule has 3 aromatic rings. The van der Waals surface area contributed by atoms with Gasteiger partial charge in [-0.1, -0.05) is 27.7 Å². The molecule has 0 saturated heterocycles. The number of rotatable bonds is 4. The number of benzene rings is 1. The first kappa shape index (κ1) is 18.9. The molecule has 2 aromatic heterocycles. The molecule has 1 aromatic carbocycles. The SMILES string of the molecule is Cc1nc(SCC(=O)Nc2ccc(Br)c(C)c2)c2c3c(sc2n1)CCCC3. The van der Waals surface area contributed by atoms with E-state index in [1.165, 1.54) is 40.4 Å². The van der Waals surface area contributed by atoms with Crippen molar-refractivity contribution in [2.75, 3.05) is 11.1 Å². The molecule has 0 atom stereocenters. The van der Waals surface area contributed by atoms with Gasteiger partial charge in [-0.3, -0.25) is 4.79 Å². The van der Waals surface area contributed by atoms with Gasteiger partial charge < -0.3 is 5.32 Å². The van der Waals surface area contributed by atoms with Crippen LogP contribution in [-0.2, 0) is 17.6 Å². The van der Waals surface area contributed by atoms with Crippen LogP contribution in [0.4, 0.5) is 5.69 Å². The van der Waals surface area contributed by atoms with Gasteiger partial charge in [0, 0.05) is 20.4 Å². The number of thioether (sulfide) groups is 1. The third-order valence-corrected chi connectivity index (χ3v) is 7.73. The van der Waals surface area contributed by atoms with Gasteiger partial charge in [-0.25, -0.2) is 9.97 Å². The van der Waals surface area contributed by atoms with Crippen LogP contribution in [-0.4, -0.2) is 21.6 Å². The van der Waals surface area contributed by atoms with Crippen LogP contribution >= 0.6 is 39.0 Å². The lowest BCUT2D eigenvalue weighted by atomic mass is 9.97. The normalized spacial score (nSPS) is 13.6. The molecule has 0 spiro atoms. The van der Waals surface area contributed by atoms with Crippen molar-refractivity contribution in [1.82, 2.24) is 9.97 Å². The Morgan fingerprint density at radius 1 is 1.26 bits per heavy atom.